The van der Waals surface area contributed by atoms with Crippen LogP contribution in [0.5, 0.6) is 0 Å². The summed E-state index contributed by atoms with van der Waals surface area (Å²) in [6.45, 7) is 3.43. The molecule has 0 aliphatic carbocycles. The van der Waals surface area contributed by atoms with Gasteiger partial charge in [0.05, 0.1) is 19.3 Å². The predicted molar refractivity (Wildman–Crippen MR) is 116 cm³/mol. The molecule has 2 amide bonds. The number of amides is 2. The highest BCUT2D eigenvalue weighted by molar-refractivity contribution is 9.10. The van der Waals surface area contributed by atoms with Crippen LogP contribution in [-0.2, 0) is 9.53 Å². The van der Waals surface area contributed by atoms with Gasteiger partial charge >= 0.3 is 0 Å². The number of ether oxygens (including phenoxy) is 1. The lowest BCUT2D eigenvalue weighted by Crippen LogP contribution is -2.44. The minimum atomic E-state index is -0.287. The van der Waals surface area contributed by atoms with E-state index in [1.165, 1.54) is 12.1 Å². The molecule has 1 aliphatic rings. The Morgan fingerprint density at radius 2 is 1.70 bits per heavy atom. The summed E-state index contributed by atoms with van der Waals surface area (Å²) in [5.74, 6) is -0.649. The van der Waals surface area contributed by atoms with E-state index in [2.05, 4.69) is 31.5 Å². The Labute approximate surface area is 183 Å². The highest BCUT2D eigenvalue weighted by Crippen LogP contribution is 2.21. The smallest absolute Gasteiger partial charge is 0.251 e. The maximum atomic E-state index is 13.3. The summed E-state index contributed by atoms with van der Waals surface area (Å²) in [7, 11) is 0. The van der Waals surface area contributed by atoms with E-state index in [-0.39, 0.29) is 36.6 Å². The lowest BCUT2D eigenvalue weighted by Gasteiger charge is -2.35. The maximum Gasteiger partial charge on any atom is 0.251 e. The second kappa shape index (κ2) is 11.2. The van der Waals surface area contributed by atoms with E-state index in [0.29, 0.717) is 25.3 Å². The van der Waals surface area contributed by atoms with Crippen LogP contribution in [0.4, 0.5) is 4.39 Å². The summed E-state index contributed by atoms with van der Waals surface area (Å²) in [6.07, 6.45) is 0.182. The molecule has 0 spiro atoms. The molecule has 1 atom stereocenters. The Hall–Kier alpha value is -2.29. The SMILES string of the molecule is O=C(CCNC(=O)c1ccc(Br)cc1)NCC(c1ccc(F)cc1)N1CCOCC1. The van der Waals surface area contributed by atoms with E-state index in [1.807, 2.05) is 0 Å². The number of benzene rings is 2. The zero-order valence-electron chi connectivity index (χ0n) is 16.6. The van der Waals surface area contributed by atoms with Crippen molar-refractivity contribution in [2.24, 2.45) is 0 Å². The summed E-state index contributed by atoms with van der Waals surface area (Å²) in [4.78, 5) is 26.7. The quantitative estimate of drug-likeness (QED) is 0.613. The van der Waals surface area contributed by atoms with Crippen LogP contribution in [-0.4, -0.2) is 56.1 Å². The Kier molecular flexibility index (Phi) is 8.36. The second-order valence-electron chi connectivity index (χ2n) is 7.03. The fourth-order valence-corrected chi connectivity index (χ4v) is 3.59. The lowest BCUT2D eigenvalue weighted by molar-refractivity contribution is -0.121. The largest absolute Gasteiger partial charge is 0.379 e. The molecular weight excluding hydrogens is 453 g/mol. The molecule has 2 aromatic carbocycles. The van der Waals surface area contributed by atoms with Gasteiger partial charge in [0.2, 0.25) is 5.91 Å². The van der Waals surface area contributed by atoms with Gasteiger partial charge in [0.1, 0.15) is 5.82 Å². The van der Waals surface area contributed by atoms with Crippen molar-refractivity contribution in [2.45, 2.75) is 12.5 Å². The third-order valence-electron chi connectivity index (χ3n) is 4.98. The fraction of sp³-hybridized carbons (Fsp3) is 0.364. The summed E-state index contributed by atoms with van der Waals surface area (Å²) in [5, 5.41) is 5.70. The molecule has 160 valence electrons. The molecule has 2 N–H and O–H groups in total. The highest BCUT2D eigenvalue weighted by Gasteiger charge is 2.23. The lowest BCUT2D eigenvalue weighted by atomic mass is 10.0. The summed E-state index contributed by atoms with van der Waals surface area (Å²) in [6, 6.07) is 13.3. The maximum absolute atomic E-state index is 13.3. The zero-order chi connectivity index (χ0) is 21.3. The molecule has 0 radical (unpaired) electrons. The number of hydrogen-bond acceptors (Lipinski definition) is 4. The number of nitrogens with zero attached hydrogens (tertiary/aromatic N) is 1. The third kappa shape index (κ3) is 6.62. The summed E-state index contributed by atoms with van der Waals surface area (Å²) >= 11 is 3.33. The van der Waals surface area contributed by atoms with E-state index in [1.54, 1.807) is 36.4 Å². The van der Waals surface area contributed by atoms with Crippen molar-refractivity contribution in [3.05, 3.63) is 69.9 Å². The molecule has 0 aromatic heterocycles. The van der Waals surface area contributed by atoms with Crippen LogP contribution in [0, 0.1) is 5.82 Å². The zero-order valence-corrected chi connectivity index (χ0v) is 18.2. The Bertz CT molecular complexity index is 840. The number of hydrogen-bond donors (Lipinski definition) is 2. The molecule has 1 aliphatic heterocycles. The molecule has 1 saturated heterocycles. The molecule has 0 bridgehead atoms. The molecule has 1 fully saturated rings. The van der Waals surface area contributed by atoms with E-state index in [9.17, 15) is 14.0 Å². The van der Waals surface area contributed by atoms with Crippen molar-refractivity contribution in [3.8, 4) is 0 Å². The van der Waals surface area contributed by atoms with Gasteiger partial charge in [0.15, 0.2) is 0 Å². The average molecular weight is 478 g/mol. The van der Waals surface area contributed by atoms with Crippen LogP contribution >= 0.6 is 15.9 Å². The van der Waals surface area contributed by atoms with Crippen LogP contribution in [0.15, 0.2) is 53.0 Å². The van der Waals surface area contributed by atoms with Crippen molar-refractivity contribution < 1.29 is 18.7 Å². The van der Waals surface area contributed by atoms with Gasteiger partial charge in [-0.3, -0.25) is 14.5 Å². The van der Waals surface area contributed by atoms with Gasteiger partial charge in [0, 0.05) is 42.6 Å². The van der Waals surface area contributed by atoms with E-state index in [0.717, 1.165) is 23.1 Å². The van der Waals surface area contributed by atoms with Gasteiger partial charge in [-0.25, -0.2) is 4.39 Å². The Balaban J connectivity index is 1.49. The molecular formula is C22H25BrFN3O3. The van der Waals surface area contributed by atoms with Gasteiger partial charge < -0.3 is 15.4 Å². The van der Waals surface area contributed by atoms with Crippen LogP contribution in [0.2, 0.25) is 0 Å². The average Bonchev–Trinajstić information content (AvgIpc) is 2.76. The molecule has 6 nitrogen and oxygen atoms in total. The molecule has 1 unspecified atom stereocenters. The molecule has 1 heterocycles. The number of halogens is 2. The van der Waals surface area contributed by atoms with E-state index < -0.39 is 0 Å². The first-order valence-electron chi connectivity index (χ1n) is 9.90. The Morgan fingerprint density at radius 1 is 1.03 bits per heavy atom. The summed E-state index contributed by atoms with van der Waals surface area (Å²) < 4.78 is 19.6. The first-order valence-corrected chi connectivity index (χ1v) is 10.7. The van der Waals surface area contributed by atoms with Gasteiger partial charge in [-0.1, -0.05) is 28.1 Å². The number of carbonyl (C=O) groups is 2. The highest BCUT2D eigenvalue weighted by atomic mass is 79.9. The Morgan fingerprint density at radius 3 is 2.37 bits per heavy atom. The second-order valence-corrected chi connectivity index (χ2v) is 7.95. The van der Waals surface area contributed by atoms with Crippen molar-refractivity contribution in [2.75, 3.05) is 39.4 Å². The molecule has 30 heavy (non-hydrogen) atoms. The van der Waals surface area contributed by atoms with Crippen LogP contribution in [0.25, 0.3) is 0 Å². The van der Waals surface area contributed by atoms with Gasteiger partial charge in [-0.15, -0.1) is 0 Å². The predicted octanol–water partition coefficient (Wildman–Crippen LogP) is 2.90. The number of carbonyl (C=O) groups excluding carboxylic acids is 2. The van der Waals surface area contributed by atoms with Crippen LogP contribution < -0.4 is 10.6 Å². The standard InChI is InChI=1S/C22H25BrFN3O3/c23-18-5-1-17(2-6-18)22(29)25-10-9-21(28)26-15-20(27-11-13-30-14-12-27)16-3-7-19(24)8-4-16/h1-8,20H,9-15H2,(H,25,29)(H,26,28). The topological polar surface area (TPSA) is 70.7 Å². The number of morpholine rings is 1. The van der Waals surface area contributed by atoms with Crippen molar-refractivity contribution in [1.29, 1.82) is 0 Å². The number of rotatable bonds is 8. The molecule has 8 heteroatoms. The first kappa shape index (κ1) is 22.4. The monoisotopic (exact) mass is 477 g/mol. The van der Waals surface area contributed by atoms with Gasteiger partial charge in [-0.05, 0) is 42.0 Å². The number of nitrogens with one attached hydrogen (secondary N) is 2. The first-order chi connectivity index (χ1) is 14.5. The van der Waals surface area contributed by atoms with Gasteiger partial charge in [-0.2, -0.15) is 0 Å². The normalized spacial score (nSPS) is 15.4. The van der Waals surface area contributed by atoms with Gasteiger partial charge in [0.25, 0.3) is 5.91 Å². The van der Waals surface area contributed by atoms with Crippen molar-refractivity contribution in [3.63, 3.8) is 0 Å². The molecule has 3 rings (SSSR count). The summed E-state index contributed by atoms with van der Waals surface area (Å²) in [5.41, 5.74) is 1.49. The minimum absolute atomic E-state index is 0.0594. The third-order valence-corrected chi connectivity index (χ3v) is 5.51. The fourth-order valence-electron chi connectivity index (χ4n) is 3.32. The van der Waals surface area contributed by atoms with E-state index in [4.69, 9.17) is 4.74 Å². The minimum Gasteiger partial charge on any atom is -0.379 e. The van der Waals surface area contributed by atoms with Crippen LogP contribution in [0.3, 0.4) is 0 Å². The molecule has 2 aromatic rings. The molecule has 0 saturated carbocycles. The van der Waals surface area contributed by atoms with Crippen LogP contribution in [0.1, 0.15) is 28.4 Å². The van der Waals surface area contributed by atoms with E-state index >= 15 is 0 Å². The van der Waals surface area contributed by atoms with Crippen molar-refractivity contribution in [1.82, 2.24) is 15.5 Å². The van der Waals surface area contributed by atoms with Crippen molar-refractivity contribution >= 4 is 27.7 Å².